The molecule has 0 N–H and O–H groups in total. The number of hydrogen-bond acceptors (Lipinski definition) is 4. The van der Waals surface area contributed by atoms with Gasteiger partial charge in [-0.15, -0.1) is 11.3 Å². The lowest BCUT2D eigenvalue weighted by molar-refractivity contribution is 0.591. The van der Waals surface area contributed by atoms with Gasteiger partial charge < -0.3 is 4.42 Å². The topological polar surface area (TPSA) is 38.4 Å². The maximum absolute atomic E-state index is 6.51. The normalized spacial score (nSPS) is 12.4. The summed E-state index contributed by atoms with van der Waals surface area (Å²) in [5, 5.41) is 8.08. The first kappa shape index (κ1) is 28.6. The van der Waals surface area contributed by atoms with Crippen LogP contribution in [-0.2, 0) is 5.41 Å². The first-order valence-corrected chi connectivity index (χ1v) is 17.1. The van der Waals surface area contributed by atoms with Gasteiger partial charge in [-0.3, -0.25) is 4.99 Å². The highest BCUT2D eigenvalue weighted by Gasteiger charge is 2.22. The first-order valence-electron chi connectivity index (χ1n) is 16.3. The van der Waals surface area contributed by atoms with Gasteiger partial charge >= 0.3 is 0 Å². The Morgan fingerprint density at radius 3 is 2.17 bits per heavy atom. The van der Waals surface area contributed by atoms with E-state index in [1.54, 1.807) is 11.3 Å². The minimum absolute atomic E-state index is 0.0420. The zero-order valence-corrected chi connectivity index (χ0v) is 27.8. The average molecular weight is 637 g/mol. The van der Waals surface area contributed by atoms with Crippen molar-refractivity contribution in [2.75, 3.05) is 0 Å². The molecule has 48 heavy (non-hydrogen) atoms. The van der Waals surface area contributed by atoms with Crippen LogP contribution in [0.2, 0.25) is 0 Å². The molecule has 0 saturated carbocycles. The van der Waals surface area contributed by atoms with Crippen molar-refractivity contribution in [3.63, 3.8) is 0 Å². The lowest BCUT2D eigenvalue weighted by Gasteiger charge is -2.20. The standard InChI is InChI=1S/C44H32N2OS/c1-44(2,3)29-24-37(35-20-12-19-34-33-17-9-11-22-39(33)47-42(34)35)41-40(25-29)48-43(46-41)36-18-8-10-21-38(36)45-26-28-23-27-13-4-5-14-30(27)32-16-7-6-15-31(28)32/h4-26H,1-3H3. The Morgan fingerprint density at radius 2 is 1.31 bits per heavy atom. The van der Waals surface area contributed by atoms with Crippen molar-refractivity contribution in [1.29, 1.82) is 0 Å². The first-order chi connectivity index (χ1) is 23.4. The molecule has 0 amide bonds. The van der Waals surface area contributed by atoms with Gasteiger partial charge in [0.25, 0.3) is 0 Å². The highest BCUT2D eigenvalue weighted by Crippen LogP contribution is 2.44. The maximum Gasteiger partial charge on any atom is 0.143 e. The lowest BCUT2D eigenvalue weighted by atomic mass is 9.85. The number of thiazole rings is 1. The summed E-state index contributed by atoms with van der Waals surface area (Å²) in [6.07, 6.45) is 2.01. The van der Waals surface area contributed by atoms with Gasteiger partial charge in [-0.25, -0.2) is 4.98 Å². The van der Waals surface area contributed by atoms with Crippen LogP contribution < -0.4 is 0 Å². The molecular formula is C44H32N2OS. The largest absolute Gasteiger partial charge is 0.455 e. The minimum atomic E-state index is -0.0420. The second kappa shape index (κ2) is 11.0. The van der Waals surface area contributed by atoms with Crippen LogP contribution in [0.5, 0.6) is 0 Å². The Labute approximate surface area is 282 Å². The van der Waals surface area contributed by atoms with Crippen molar-refractivity contribution in [3.05, 3.63) is 145 Å². The van der Waals surface area contributed by atoms with Crippen LogP contribution in [0.3, 0.4) is 0 Å². The molecule has 0 bridgehead atoms. The second-order valence-corrected chi connectivity index (χ2v) is 14.5. The van der Waals surface area contributed by atoms with Crippen molar-refractivity contribution in [2.45, 2.75) is 26.2 Å². The fraction of sp³-hybridized carbons (Fsp3) is 0.0909. The van der Waals surface area contributed by atoms with Crippen molar-refractivity contribution in [2.24, 2.45) is 4.99 Å². The van der Waals surface area contributed by atoms with Gasteiger partial charge in [-0.1, -0.05) is 118 Å². The van der Waals surface area contributed by atoms with Crippen LogP contribution in [0.1, 0.15) is 31.9 Å². The molecule has 0 aliphatic heterocycles. The van der Waals surface area contributed by atoms with Crippen LogP contribution in [-0.4, -0.2) is 11.2 Å². The van der Waals surface area contributed by atoms with Gasteiger partial charge in [0, 0.05) is 39.2 Å². The smallest absolute Gasteiger partial charge is 0.143 e. The molecule has 9 aromatic rings. The fourth-order valence-corrected chi connectivity index (χ4v) is 7.90. The molecule has 0 aliphatic carbocycles. The number of hydrogen-bond donors (Lipinski definition) is 0. The van der Waals surface area contributed by atoms with Crippen LogP contribution in [0.4, 0.5) is 5.69 Å². The molecule has 0 spiro atoms. The number of para-hydroxylation sites is 3. The van der Waals surface area contributed by atoms with Gasteiger partial charge in [0.15, 0.2) is 0 Å². The number of aliphatic imine (C=N–C) groups is 1. The summed E-state index contributed by atoms with van der Waals surface area (Å²) in [5.74, 6) is 0. The van der Waals surface area contributed by atoms with E-state index in [9.17, 15) is 0 Å². The number of nitrogens with zero attached hydrogens (tertiary/aromatic N) is 2. The highest BCUT2D eigenvalue weighted by atomic mass is 32.1. The summed E-state index contributed by atoms with van der Waals surface area (Å²) in [7, 11) is 0. The summed E-state index contributed by atoms with van der Waals surface area (Å²) in [6.45, 7) is 6.80. The summed E-state index contributed by atoms with van der Waals surface area (Å²) >= 11 is 1.72. The molecule has 0 aliphatic rings. The predicted octanol–water partition coefficient (Wildman–Crippen LogP) is 12.9. The Balaban J connectivity index is 1.21. The predicted molar refractivity (Wildman–Crippen MR) is 205 cm³/mol. The number of aromatic nitrogens is 1. The van der Waals surface area contributed by atoms with Crippen LogP contribution in [0.15, 0.2) is 143 Å². The van der Waals surface area contributed by atoms with Crippen molar-refractivity contribution < 1.29 is 4.42 Å². The summed E-state index contributed by atoms with van der Waals surface area (Å²) in [5.41, 5.74) is 9.16. The molecule has 2 aromatic heterocycles. The Morgan fingerprint density at radius 1 is 0.625 bits per heavy atom. The van der Waals surface area contributed by atoms with Gasteiger partial charge in [-0.05, 0) is 68.9 Å². The molecule has 0 unspecified atom stereocenters. The Bertz CT molecular complexity index is 2720. The number of furan rings is 1. The van der Waals surface area contributed by atoms with Gasteiger partial charge in [0.1, 0.15) is 16.2 Å². The van der Waals surface area contributed by atoms with Gasteiger partial charge in [0.05, 0.1) is 15.9 Å². The molecule has 0 radical (unpaired) electrons. The molecule has 2 heterocycles. The van der Waals surface area contributed by atoms with E-state index < -0.39 is 0 Å². The van der Waals surface area contributed by atoms with E-state index in [1.165, 1.54) is 27.1 Å². The molecule has 4 heteroatoms. The number of benzene rings is 7. The minimum Gasteiger partial charge on any atom is -0.455 e. The van der Waals surface area contributed by atoms with E-state index in [1.807, 2.05) is 24.4 Å². The Hall–Kier alpha value is -5.58. The highest BCUT2D eigenvalue weighted by molar-refractivity contribution is 7.21. The number of fused-ring (bicyclic) bond motifs is 7. The quantitative estimate of drug-likeness (QED) is 0.142. The number of rotatable bonds is 4. The molecule has 230 valence electrons. The van der Waals surface area contributed by atoms with Crippen LogP contribution in [0.25, 0.3) is 75.4 Å². The third kappa shape index (κ3) is 4.71. The van der Waals surface area contributed by atoms with Crippen molar-refractivity contribution in [3.8, 4) is 21.7 Å². The average Bonchev–Trinajstić information content (AvgIpc) is 3.72. The summed E-state index contributed by atoms with van der Waals surface area (Å²) < 4.78 is 7.66. The zero-order chi connectivity index (χ0) is 32.4. The van der Waals surface area contributed by atoms with E-state index in [0.29, 0.717) is 0 Å². The SMILES string of the molecule is CC(C)(C)c1cc(-c2cccc3c2oc2ccccc23)c2nc(-c3ccccc3N=Cc3cc4ccccc4c4ccccc34)sc2c1. The van der Waals surface area contributed by atoms with Crippen LogP contribution >= 0.6 is 11.3 Å². The summed E-state index contributed by atoms with van der Waals surface area (Å²) in [4.78, 5) is 10.5. The van der Waals surface area contributed by atoms with Crippen molar-refractivity contribution >= 4 is 76.9 Å². The third-order valence-electron chi connectivity index (χ3n) is 9.33. The monoisotopic (exact) mass is 636 g/mol. The maximum atomic E-state index is 6.51. The van der Waals surface area contributed by atoms with E-state index in [2.05, 4.69) is 136 Å². The zero-order valence-electron chi connectivity index (χ0n) is 27.0. The second-order valence-electron chi connectivity index (χ2n) is 13.4. The van der Waals surface area contributed by atoms with E-state index >= 15 is 0 Å². The van der Waals surface area contributed by atoms with E-state index in [-0.39, 0.29) is 5.41 Å². The van der Waals surface area contributed by atoms with Gasteiger partial charge in [-0.2, -0.15) is 0 Å². The van der Waals surface area contributed by atoms with E-state index in [4.69, 9.17) is 14.4 Å². The molecule has 9 rings (SSSR count). The Kier molecular flexibility index (Phi) is 6.56. The molecule has 3 nitrogen and oxygen atoms in total. The molecular weight excluding hydrogens is 605 g/mol. The van der Waals surface area contributed by atoms with E-state index in [0.717, 1.165) is 65.1 Å². The molecule has 0 atom stereocenters. The van der Waals surface area contributed by atoms with Crippen molar-refractivity contribution in [1.82, 2.24) is 4.98 Å². The summed E-state index contributed by atoms with van der Waals surface area (Å²) in [6, 6.07) is 47.0. The third-order valence-corrected chi connectivity index (χ3v) is 10.4. The fourth-order valence-electron chi connectivity index (χ4n) is 6.84. The van der Waals surface area contributed by atoms with Crippen LogP contribution in [0, 0.1) is 0 Å². The van der Waals surface area contributed by atoms with Gasteiger partial charge in [0.2, 0.25) is 0 Å². The molecule has 7 aromatic carbocycles. The molecule has 0 saturated heterocycles. The lowest BCUT2D eigenvalue weighted by Crippen LogP contribution is -2.11. The molecule has 0 fully saturated rings.